The van der Waals surface area contributed by atoms with E-state index in [2.05, 4.69) is 43.4 Å². The molecule has 0 spiro atoms. The van der Waals surface area contributed by atoms with E-state index >= 15 is 0 Å². The van der Waals surface area contributed by atoms with Crippen LogP contribution in [0.4, 0.5) is 5.69 Å². The summed E-state index contributed by atoms with van der Waals surface area (Å²) in [6.07, 6.45) is 1.14. The summed E-state index contributed by atoms with van der Waals surface area (Å²) in [6, 6.07) is 16.6. The Hall–Kier alpha value is -1.47. The van der Waals surface area contributed by atoms with Crippen molar-refractivity contribution < 1.29 is 0 Å². The standard InChI is InChI=1S/C17H20ClN/c1-13(2)11-14-7-9-15(10-8-14)12-19-17-6-4-3-5-16(17)18/h3-10,13,19H,11-12H2,1-2H3. The predicted octanol–water partition coefficient (Wildman–Crippen LogP) is 5.15. The van der Waals surface area contributed by atoms with Gasteiger partial charge in [0.05, 0.1) is 10.7 Å². The molecule has 0 amide bonds. The van der Waals surface area contributed by atoms with Gasteiger partial charge < -0.3 is 5.32 Å². The Balaban J connectivity index is 1.95. The highest BCUT2D eigenvalue weighted by molar-refractivity contribution is 6.33. The van der Waals surface area contributed by atoms with E-state index in [4.69, 9.17) is 11.6 Å². The zero-order chi connectivity index (χ0) is 13.7. The van der Waals surface area contributed by atoms with Crippen LogP contribution in [0.1, 0.15) is 25.0 Å². The minimum atomic E-state index is 0.701. The van der Waals surface area contributed by atoms with Crippen LogP contribution in [-0.4, -0.2) is 0 Å². The van der Waals surface area contributed by atoms with Crippen LogP contribution < -0.4 is 5.32 Å². The Labute approximate surface area is 120 Å². The molecule has 1 nitrogen and oxygen atoms in total. The first kappa shape index (κ1) is 14.0. The van der Waals surface area contributed by atoms with E-state index in [0.717, 1.165) is 23.7 Å². The highest BCUT2D eigenvalue weighted by atomic mass is 35.5. The monoisotopic (exact) mass is 273 g/mol. The maximum atomic E-state index is 6.11. The molecule has 0 aliphatic carbocycles. The average molecular weight is 274 g/mol. The van der Waals surface area contributed by atoms with Crippen molar-refractivity contribution in [3.8, 4) is 0 Å². The summed E-state index contributed by atoms with van der Waals surface area (Å²) < 4.78 is 0. The Kier molecular flexibility index (Phi) is 4.86. The number of hydrogen-bond acceptors (Lipinski definition) is 1. The molecule has 0 bridgehead atoms. The summed E-state index contributed by atoms with van der Waals surface area (Å²) in [5, 5.41) is 4.12. The molecule has 2 rings (SSSR count). The lowest BCUT2D eigenvalue weighted by atomic mass is 10.0. The molecule has 0 saturated carbocycles. The summed E-state index contributed by atoms with van der Waals surface area (Å²) >= 11 is 6.11. The lowest BCUT2D eigenvalue weighted by Gasteiger charge is -2.09. The second-order valence-corrected chi connectivity index (χ2v) is 5.66. The number of rotatable bonds is 5. The Morgan fingerprint density at radius 2 is 1.58 bits per heavy atom. The van der Waals surface area contributed by atoms with Crippen LogP contribution in [0.25, 0.3) is 0 Å². The third-order valence-electron chi connectivity index (χ3n) is 3.02. The van der Waals surface area contributed by atoms with E-state index in [1.54, 1.807) is 0 Å². The fraction of sp³-hybridized carbons (Fsp3) is 0.294. The Morgan fingerprint density at radius 3 is 2.21 bits per heavy atom. The van der Waals surface area contributed by atoms with Crippen molar-refractivity contribution in [1.82, 2.24) is 0 Å². The van der Waals surface area contributed by atoms with Crippen molar-refractivity contribution in [2.75, 3.05) is 5.32 Å². The van der Waals surface area contributed by atoms with Crippen molar-refractivity contribution in [1.29, 1.82) is 0 Å². The summed E-state index contributed by atoms with van der Waals surface area (Å²) in [5.74, 6) is 0.701. The molecule has 0 radical (unpaired) electrons. The van der Waals surface area contributed by atoms with Crippen LogP contribution in [-0.2, 0) is 13.0 Å². The number of halogens is 1. The van der Waals surface area contributed by atoms with Crippen molar-refractivity contribution in [2.24, 2.45) is 5.92 Å². The second kappa shape index (κ2) is 6.63. The molecule has 2 aromatic rings. The second-order valence-electron chi connectivity index (χ2n) is 5.25. The molecular weight excluding hydrogens is 254 g/mol. The zero-order valence-corrected chi connectivity index (χ0v) is 12.2. The summed E-state index contributed by atoms with van der Waals surface area (Å²) in [6.45, 7) is 5.28. The lowest BCUT2D eigenvalue weighted by Crippen LogP contribution is -2.00. The molecule has 0 heterocycles. The first-order valence-electron chi connectivity index (χ1n) is 6.71. The van der Waals surface area contributed by atoms with Crippen LogP contribution in [0.15, 0.2) is 48.5 Å². The fourth-order valence-electron chi connectivity index (χ4n) is 2.07. The van der Waals surface area contributed by atoms with Crippen LogP contribution in [0.3, 0.4) is 0 Å². The highest BCUT2D eigenvalue weighted by Gasteiger charge is 2.00. The smallest absolute Gasteiger partial charge is 0.0637 e. The summed E-state index contributed by atoms with van der Waals surface area (Å²) in [4.78, 5) is 0. The molecule has 0 atom stereocenters. The molecule has 0 fully saturated rings. The molecule has 100 valence electrons. The van der Waals surface area contributed by atoms with Crippen molar-refractivity contribution in [3.05, 3.63) is 64.7 Å². The minimum absolute atomic E-state index is 0.701. The lowest BCUT2D eigenvalue weighted by molar-refractivity contribution is 0.647. The fourth-order valence-corrected chi connectivity index (χ4v) is 2.27. The average Bonchev–Trinajstić information content (AvgIpc) is 2.39. The van der Waals surface area contributed by atoms with Gasteiger partial charge in [-0.15, -0.1) is 0 Å². The van der Waals surface area contributed by atoms with Gasteiger partial charge >= 0.3 is 0 Å². The predicted molar refractivity (Wildman–Crippen MR) is 83.8 cm³/mol. The molecule has 0 unspecified atom stereocenters. The number of para-hydroxylation sites is 1. The summed E-state index contributed by atoms with van der Waals surface area (Å²) in [7, 11) is 0. The van der Waals surface area contributed by atoms with Gasteiger partial charge in [-0.3, -0.25) is 0 Å². The van der Waals surface area contributed by atoms with Crippen LogP contribution in [0, 0.1) is 5.92 Å². The maximum Gasteiger partial charge on any atom is 0.0637 e. The number of nitrogens with one attached hydrogen (secondary N) is 1. The molecule has 0 aliphatic rings. The van der Waals surface area contributed by atoms with E-state index in [1.807, 2.05) is 24.3 Å². The van der Waals surface area contributed by atoms with Gasteiger partial charge in [0.15, 0.2) is 0 Å². The van der Waals surface area contributed by atoms with Crippen molar-refractivity contribution in [3.63, 3.8) is 0 Å². The highest BCUT2D eigenvalue weighted by Crippen LogP contribution is 2.21. The van der Waals surface area contributed by atoms with E-state index in [0.29, 0.717) is 5.92 Å². The van der Waals surface area contributed by atoms with Gasteiger partial charge in [-0.05, 0) is 35.6 Å². The molecule has 2 aromatic carbocycles. The zero-order valence-electron chi connectivity index (χ0n) is 11.5. The number of anilines is 1. The van der Waals surface area contributed by atoms with Gasteiger partial charge in [-0.2, -0.15) is 0 Å². The Bertz CT molecular complexity index is 517. The van der Waals surface area contributed by atoms with E-state index in [-0.39, 0.29) is 0 Å². The molecule has 0 saturated heterocycles. The quantitative estimate of drug-likeness (QED) is 0.794. The number of benzene rings is 2. The third kappa shape index (κ3) is 4.29. The topological polar surface area (TPSA) is 12.0 Å². The largest absolute Gasteiger partial charge is 0.380 e. The first-order chi connectivity index (χ1) is 9.15. The van der Waals surface area contributed by atoms with E-state index < -0.39 is 0 Å². The molecular formula is C17H20ClN. The van der Waals surface area contributed by atoms with Gasteiger partial charge in [0.1, 0.15) is 0 Å². The minimum Gasteiger partial charge on any atom is -0.380 e. The third-order valence-corrected chi connectivity index (χ3v) is 3.35. The van der Waals surface area contributed by atoms with Crippen molar-refractivity contribution >= 4 is 17.3 Å². The SMILES string of the molecule is CC(C)Cc1ccc(CNc2ccccc2Cl)cc1. The Morgan fingerprint density at radius 1 is 0.947 bits per heavy atom. The maximum absolute atomic E-state index is 6.11. The molecule has 1 N–H and O–H groups in total. The van der Waals surface area contributed by atoms with Crippen LogP contribution >= 0.6 is 11.6 Å². The van der Waals surface area contributed by atoms with Gasteiger partial charge in [-0.1, -0.05) is 61.8 Å². The van der Waals surface area contributed by atoms with Gasteiger partial charge in [0.2, 0.25) is 0 Å². The van der Waals surface area contributed by atoms with Crippen LogP contribution in [0.5, 0.6) is 0 Å². The van der Waals surface area contributed by atoms with Crippen molar-refractivity contribution in [2.45, 2.75) is 26.8 Å². The molecule has 0 aliphatic heterocycles. The first-order valence-corrected chi connectivity index (χ1v) is 7.09. The molecule has 2 heteroatoms. The normalized spacial score (nSPS) is 10.7. The van der Waals surface area contributed by atoms with Gasteiger partial charge in [0.25, 0.3) is 0 Å². The van der Waals surface area contributed by atoms with Crippen LogP contribution in [0.2, 0.25) is 5.02 Å². The molecule has 19 heavy (non-hydrogen) atoms. The van der Waals surface area contributed by atoms with Gasteiger partial charge in [-0.25, -0.2) is 0 Å². The van der Waals surface area contributed by atoms with Gasteiger partial charge in [0, 0.05) is 6.54 Å². The molecule has 0 aromatic heterocycles. The summed E-state index contributed by atoms with van der Waals surface area (Å²) in [5.41, 5.74) is 3.65. The van der Waals surface area contributed by atoms with E-state index in [9.17, 15) is 0 Å². The number of hydrogen-bond donors (Lipinski definition) is 1. The van der Waals surface area contributed by atoms with E-state index in [1.165, 1.54) is 11.1 Å².